The molecule has 0 aliphatic carbocycles. The Morgan fingerprint density at radius 2 is 1.89 bits per heavy atom. The van der Waals surface area contributed by atoms with Crippen LogP contribution in [-0.2, 0) is 9.53 Å². The number of esters is 1. The topological polar surface area (TPSA) is 117 Å². The number of nitro groups is 1. The van der Waals surface area contributed by atoms with Gasteiger partial charge in [-0.2, -0.15) is 0 Å². The number of halogens is 1. The highest BCUT2D eigenvalue weighted by molar-refractivity contribution is 6.32. The number of ether oxygens (including phenoxy) is 3. The van der Waals surface area contributed by atoms with Gasteiger partial charge in [0.05, 0.1) is 15.5 Å². The van der Waals surface area contributed by atoms with Gasteiger partial charge >= 0.3 is 5.97 Å². The second-order valence-corrected chi connectivity index (χ2v) is 6.23. The molecule has 2 aromatic rings. The Labute approximate surface area is 164 Å². The van der Waals surface area contributed by atoms with Crippen LogP contribution in [0.15, 0.2) is 36.4 Å². The minimum atomic E-state index is -1.12. The second kappa shape index (κ2) is 8.13. The summed E-state index contributed by atoms with van der Waals surface area (Å²) in [5.41, 5.74) is 0.345. The van der Waals surface area contributed by atoms with E-state index in [0.29, 0.717) is 30.4 Å². The van der Waals surface area contributed by atoms with Crippen LogP contribution in [0.5, 0.6) is 11.5 Å². The third-order valence-corrected chi connectivity index (χ3v) is 4.11. The zero-order valence-corrected chi connectivity index (χ0v) is 15.4. The minimum Gasteiger partial charge on any atom is -0.486 e. The first-order chi connectivity index (χ1) is 13.3. The summed E-state index contributed by atoms with van der Waals surface area (Å²) in [4.78, 5) is 34.6. The molecule has 1 amide bonds. The van der Waals surface area contributed by atoms with Crippen LogP contribution in [-0.4, -0.2) is 36.1 Å². The summed E-state index contributed by atoms with van der Waals surface area (Å²) in [5.74, 6) is -0.668. The number of carbonyl (C=O) groups is 2. The molecule has 0 saturated carbocycles. The number of benzene rings is 2. The standard InChI is InChI=1S/C18H15ClN2O7/c1-10(17(22)20-12-2-4-13(5-3-12)21(24)25)28-18(23)11-8-14(19)16-15(9-11)26-6-7-27-16/h2-5,8-10H,6-7H2,1H3,(H,20,22). The Morgan fingerprint density at radius 1 is 1.21 bits per heavy atom. The molecule has 0 radical (unpaired) electrons. The molecule has 0 bridgehead atoms. The van der Waals surface area contributed by atoms with Crippen LogP contribution in [0.3, 0.4) is 0 Å². The highest BCUT2D eigenvalue weighted by atomic mass is 35.5. The molecule has 9 nitrogen and oxygen atoms in total. The van der Waals surface area contributed by atoms with Crippen LogP contribution in [0.25, 0.3) is 0 Å². The number of amides is 1. The van der Waals surface area contributed by atoms with Gasteiger partial charge in [0.15, 0.2) is 17.6 Å². The predicted octanol–water partition coefficient (Wildman–Crippen LogP) is 3.20. The lowest BCUT2D eigenvalue weighted by Gasteiger charge is -2.20. The maximum Gasteiger partial charge on any atom is 0.339 e. The Kier molecular flexibility index (Phi) is 5.65. The van der Waals surface area contributed by atoms with Gasteiger partial charge in [-0.3, -0.25) is 14.9 Å². The normalized spacial score (nSPS) is 13.4. The summed E-state index contributed by atoms with van der Waals surface area (Å²) in [6.45, 7) is 2.09. The molecule has 1 aliphatic rings. The molecule has 0 aromatic heterocycles. The molecule has 10 heteroatoms. The lowest BCUT2D eigenvalue weighted by molar-refractivity contribution is -0.384. The fourth-order valence-electron chi connectivity index (χ4n) is 2.42. The molecule has 1 aliphatic heterocycles. The van der Waals surface area contributed by atoms with E-state index in [1.54, 1.807) is 0 Å². The third-order valence-electron chi connectivity index (χ3n) is 3.83. The second-order valence-electron chi connectivity index (χ2n) is 5.82. The molecular weight excluding hydrogens is 392 g/mol. The van der Waals surface area contributed by atoms with Crippen LogP contribution in [0.2, 0.25) is 5.02 Å². The molecular formula is C18H15ClN2O7. The van der Waals surface area contributed by atoms with Gasteiger partial charge in [0.1, 0.15) is 13.2 Å². The average molecular weight is 407 g/mol. The molecule has 0 fully saturated rings. The van der Waals surface area contributed by atoms with Gasteiger partial charge in [-0.05, 0) is 31.2 Å². The maximum absolute atomic E-state index is 12.3. The number of rotatable bonds is 5. The molecule has 146 valence electrons. The molecule has 1 N–H and O–H groups in total. The summed E-state index contributed by atoms with van der Waals surface area (Å²) in [6, 6.07) is 8.07. The van der Waals surface area contributed by atoms with Gasteiger partial charge in [-0.15, -0.1) is 0 Å². The van der Waals surface area contributed by atoms with Crippen LogP contribution >= 0.6 is 11.6 Å². The van der Waals surface area contributed by atoms with Crippen LogP contribution in [0, 0.1) is 10.1 Å². The lowest BCUT2D eigenvalue weighted by Crippen LogP contribution is -2.30. The first kappa shape index (κ1) is 19.4. The highest BCUT2D eigenvalue weighted by Crippen LogP contribution is 2.38. The predicted molar refractivity (Wildman–Crippen MR) is 99.0 cm³/mol. The van der Waals surface area contributed by atoms with Crippen LogP contribution in [0.1, 0.15) is 17.3 Å². The summed E-state index contributed by atoms with van der Waals surface area (Å²) < 4.78 is 16.0. The quantitative estimate of drug-likeness (QED) is 0.460. The van der Waals surface area contributed by atoms with Gasteiger partial charge in [0.25, 0.3) is 11.6 Å². The SMILES string of the molecule is CC(OC(=O)c1cc(Cl)c2c(c1)OCCO2)C(=O)Nc1ccc([N+](=O)[O-])cc1. The Bertz CT molecular complexity index is 930. The number of fused-ring (bicyclic) bond motifs is 1. The molecule has 28 heavy (non-hydrogen) atoms. The number of nitrogens with zero attached hydrogens (tertiary/aromatic N) is 1. The van der Waals surface area contributed by atoms with Crippen molar-refractivity contribution in [1.82, 2.24) is 0 Å². The van der Waals surface area contributed by atoms with Gasteiger partial charge in [-0.1, -0.05) is 11.6 Å². The van der Waals surface area contributed by atoms with Gasteiger partial charge < -0.3 is 19.5 Å². The number of hydrogen-bond donors (Lipinski definition) is 1. The van der Waals surface area contributed by atoms with Crippen LogP contribution in [0.4, 0.5) is 11.4 Å². The van der Waals surface area contributed by atoms with E-state index in [1.807, 2.05) is 0 Å². The Morgan fingerprint density at radius 3 is 2.57 bits per heavy atom. The third kappa shape index (κ3) is 4.32. The van der Waals surface area contributed by atoms with E-state index in [4.69, 9.17) is 25.8 Å². The molecule has 1 atom stereocenters. The smallest absolute Gasteiger partial charge is 0.339 e. The van der Waals surface area contributed by atoms with Crippen molar-refractivity contribution in [1.29, 1.82) is 0 Å². The van der Waals surface area contributed by atoms with Gasteiger partial charge in [0.2, 0.25) is 0 Å². The largest absolute Gasteiger partial charge is 0.486 e. The summed E-state index contributed by atoms with van der Waals surface area (Å²) in [6.07, 6.45) is -1.12. The van der Waals surface area contributed by atoms with Crippen molar-refractivity contribution in [3.05, 3.63) is 57.1 Å². The number of nitrogens with one attached hydrogen (secondary N) is 1. The lowest BCUT2D eigenvalue weighted by atomic mass is 10.2. The van der Waals surface area contributed by atoms with E-state index in [-0.39, 0.29) is 16.3 Å². The molecule has 3 rings (SSSR count). The summed E-state index contributed by atoms with van der Waals surface area (Å²) in [5, 5.41) is 13.4. The zero-order chi connectivity index (χ0) is 20.3. The minimum absolute atomic E-state index is 0.104. The summed E-state index contributed by atoms with van der Waals surface area (Å²) in [7, 11) is 0. The number of non-ortho nitro benzene ring substituents is 1. The highest BCUT2D eigenvalue weighted by Gasteiger charge is 2.23. The van der Waals surface area contributed by atoms with E-state index in [0.717, 1.165) is 0 Å². The number of carbonyl (C=O) groups excluding carboxylic acids is 2. The molecule has 2 aromatic carbocycles. The number of nitro benzene ring substituents is 1. The van der Waals surface area contributed by atoms with Crippen molar-refractivity contribution in [2.45, 2.75) is 13.0 Å². The average Bonchev–Trinajstić information content (AvgIpc) is 2.68. The summed E-state index contributed by atoms with van der Waals surface area (Å²) >= 11 is 6.09. The fourth-order valence-corrected chi connectivity index (χ4v) is 2.69. The Hall–Kier alpha value is -3.33. The first-order valence-corrected chi connectivity index (χ1v) is 8.58. The van der Waals surface area contributed by atoms with E-state index in [1.165, 1.54) is 43.3 Å². The van der Waals surface area contributed by atoms with Crippen molar-refractivity contribution >= 4 is 34.9 Å². The van der Waals surface area contributed by atoms with Crippen molar-refractivity contribution < 1.29 is 28.7 Å². The number of anilines is 1. The molecule has 1 heterocycles. The molecule has 0 saturated heterocycles. The monoisotopic (exact) mass is 406 g/mol. The Balaban J connectivity index is 1.64. The van der Waals surface area contributed by atoms with Crippen molar-refractivity contribution in [2.24, 2.45) is 0 Å². The van der Waals surface area contributed by atoms with Crippen molar-refractivity contribution in [2.75, 3.05) is 18.5 Å². The van der Waals surface area contributed by atoms with Crippen molar-refractivity contribution in [3.8, 4) is 11.5 Å². The van der Waals surface area contributed by atoms with E-state index >= 15 is 0 Å². The van der Waals surface area contributed by atoms with Crippen LogP contribution < -0.4 is 14.8 Å². The zero-order valence-electron chi connectivity index (χ0n) is 14.6. The van der Waals surface area contributed by atoms with Crippen molar-refractivity contribution in [3.63, 3.8) is 0 Å². The van der Waals surface area contributed by atoms with E-state index < -0.39 is 22.9 Å². The van der Waals surface area contributed by atoms with E-state index in [9.17, 15) is 19.7 Å². The van der Waals surface area contributed by atoms with Gasteiger partial charge in [0, 0.05) is 17.8 Å². The molecule has 0 spiro atoms. The molecule has 1 unspecified atom stereocenters. The maximum atomic E-state index is 12.3. The fraction of sp³-hybridized carbons (Fsp3) is 0.222. The van der Waals surface area contributed by atoms with Gasteiger partial charge in [-0.25, -0.2) is 4.79 Å². The number of hydrogen-bond acceptors (Lipinski definition) is 7. The van der Waals surface area contributed by atoms with E-state index in [2.05, 4.69) is 5.32 Å². The first-order valence-electron chi connectivity index (χ1n) is 8.20.